The summed E-state index contributed by atoms with van der Waals surface area (Å²) in [4.78, 5) is 0. The topological polar surface area (TPSA) is 18.5 Å². The SMILES string of the molecule is COC=C=C1CC(CO[Si](C(C)C)(C(C)C)C(C)C)C1(C)C. The van der Waals surface area contributed by atoms with E-state index in [1.54, 1.807) is 13.4 Å². The second kappa shape index (κ2) is 7.38. The van der Waals surface area contributed by atoms with Crippen LogP contribution in [0, 0.1) is 11.3 Å². The van der Waals surface area contributed by atoms with Crippen molar-refractivity contribution in [3.8, 4) is 0 Å². The predicted octanol–water partition coefficient (Wildman–Crippen LogP) is 5.91. The van der Waals surface area contributed by atoms with Gasteiger partial charge in [-0.1, -0.05) is 61.1 Å². The lowest BCUT2D eigenvalue weighted by Crippen LogP contribution is -2.51. The van der Waals surface area contributed by atoms with Gasteiger partial charge in [-0.05, 0) is 40.0 Å². The summed E-state index contributed by atoms with van der Waals surface area (Å²) in [5.41, 5.74) is 6.77. The molecule has 0 spiro atoms. The minimum atomic E-state index is -1.74. The van der Waals surface area contributed by atoms with Crippen molar-refractivity contribution in [3.63, 3.8) is 0 Å². The molecule has 1 rings (SSSR count). The first-order chi connectivity index (χ1) is 10.1. The van der Waals surface area contributed by atoms with Crippen molar-refractivity contribution < 1.29 is 9.16 Å². The summed E-state index contributed by atoms with van der Waals surface area (Å²) in [5.74, 6) is 0.600. The molecule has 1 unspecified atom stereocenters. The van der Waals surface area contributed by atoms with Gasteiger partial charge in [0.05, 0.1) is 7.11 Å². The highest BCUT2D eigenvalue weighted by Crippen LogP contribution is 2.52. The molecule has 0 bridgehead atoms. The van der Waals surface area contributed by atoms with Crippen LogP contribution in [0.3, 0.4) is 0 Å². The van der Waals surface area contributed by atoms with Gasteiger partial charge in [0, 0.05) is 6.61 Å². The minimum Gasteiger partial charge on any atom is -0.496 e. The van der Waals surface area contributed by atoms with Crippen molar-refractivity contribution in [2.45, 2.75) is 78.4 Å². The van der Waals surface area contributed by atoms with Crippen molar-refractivity contribution in [1.29, 1.82) is 0 Å². The molecule has 22 heavy (non-hydrogen) atoms. The third kappa shape index (κ3) is 3.53. The standard InChI is InChI=1S/C19H36O2Si/c1-14(2)22(15(3)4,16(5)6)21-13-18-12-17(10-11-20-9)19(18,7)8/h11,14-16,18H,12-13H2,1-9H3. The second-order valence-corrected chi connectivity index (χ2v) is 13.7. The van der Waals surface area contributed by atoms with E-state index in [1.807, 2.05) is 0 Å². The van der Waals surface area contributed by atoms with Gasteiger partial charge in [0.1, 0.15) is 6.26 Å². The van der Waals surface area contributed by atoms with Gasteiger partial charge in [-0.25, -0.2) is 0 Å². The number of ether oxygens (including phenoxy) is 1. The highest BCUT2D eigenvalue weighted by Gasteiger charge is 2.49. The van der Waals surface area contributed by atoms with Crippen LogP contribution >= 0.6 is 0 Å². The number of rotatable bonds is 7. The molecule has 0 aliphatic heterocycles. The molecule has 0 N–H and O–H groups in total. The Labute approximate surface area is 139 Å². The zero-order chi connectivity index (χ0) is 17.1. The lowest BCUT2D eigenvalue weighted by molar-refractivity contribution is 0.0874. The normalized spacial score (nSPS) is 21.1. The summed E-state index contributed by atoms with van der Waals surface area (Å²) >= 11 is 0. The van der Waals surface area contributed by atoms with Crippen molar-refractivity contribution in [2.75, 3.05) is 13.7 Å². The van der Waals surface area contributed by atoms with Crippen LogP contribution in [0.15, 0.2) is 17.6 Å². The molecule has 0 aromatic rings. The molecule has 0 heterocycles. The zero-order valence-electron chi connectivity index (χ0n) is 16.1. The van der Waals surface area contributed by atoms with E-state index < -0.39 is 8.32 Å². The summed E-state index contributed by atoms with van der Waals surface area (Å²) in [6, 6.07) is 0. The van der Waals surface area contributed by atoms with Gasteiger partial charge in [-0.3, -0.25) is 0 Å². The van der Waals surface area contributed by atoms with Gasteiger partial charge in [-0.15, -0.1) is 0 Å². The lowest BCUT2D eigenvalue weighted by Gasteiger charge is -2.49. The highest BCUT2D eigenvalue weighted by atomic mass is 28.4. The van der Waals surface area contributed by atoms with Gasteiger partial charge in [-0.2, -0.15) is 0 Å². The van der Waals surface area contributed by atoms with E-state index >= 15 is 0 Å². The smallest absolute Gasteiger partial charge is 0.200 e. The van der Waals surface area contributed by atoms with Crippen LogP contribution in [0.1, 0.15) is 61.8 Å². The number of allylic oxidation sites excluding steroid dienone is 1. The van der Waals surface area contributed by atoms with E-state index in [4.69, 9.17) is 9.16 Å². The Bertz CT molecular complexity index is 407. The molecule has 2 nitrogen and oxygen atoms in total. The Morgan fingerprint density at radius 3 is 2.00 bits per heavy atom. The van der Waals surface area contributed by atoms with Crippen molar-refractivity contribution in [3.05, 3.63) is 17.6 Å². The van der Waals surface area contributed by atoms with Crippen molar-refractivity contribution in [2.24, 2.45) is 11.3 Å². The summed E-state index contributed by atoms with van der Waals surface area (Å²) < 4.78 is 11.8. The number of hydrogen-bond donors (Lipinski definition) is 0. The fourth-order valence-electron chi connectivity index (χ4n) is 4.27. The maximum absolute atomic E-state index is 6.76. The van der Waals surface area contributed by atoms with Crippen LogP contribution in [0.2, 0.25) is 16.6 Å². The molecule has 128 valence electrons. The summed E-state index contributed by atoms with van der Waals surface area (Å²) in [6.07, 6.45) is 2.76. The molecule has 0 aromatic carbocycles. The van der Waals surface area contributed by atoms with E-state index in [1.165, 1.54) is 5.57 Å². The average Bonchev–Trinajstić information content (AvgIpc) is 2.39. The van der Waals surface area contributed by atoms with E-state index in [-0.39, 0.29) is 5.41 Å². The third-order valence-corrected chi connectivity index (χ3v) is 11.9. The lowest BCUT2D eigenvalue weighted by atomic mass is 9.59. The maximum atomic E-state index is 6.76. The van der Waals surface area contributed by atoms with Gasteiger partial charge >= 0.3 is 0 Å². The molecule has 0 aromatic heterocycles. The molecule has 1 atom stereocenters. The molecular weight excluding hydrogens is 288 g/mol. The fourth-order valence-corrected chi connectivity index (χ4v) is 9.76. The van der Waals surface area contributed by atoms with Crippen LogP contribution in [-0.2, 0) is 9.16 Å². The average molecular weight is 325 g/mol. The molecule has 3 heteroatoms. The van der Waals surface area contributed by atoms with E-state index in [0.29, 0.717) is 22.5 Å². The summed E-state index contributed by atoms with van der Waals surface area (Å²) in [7, 11) is -0.0705. The molecule has 1 aliphatic rings. The Morgan fingerprint density at radius 2 is 1.64 bits per heavy atom. The first kappa shape index (κ1) is 19.5. The van der Waals surface area contributed by atoms with Gasteiger partial charge in [0.15, 0.2) is 8.32 Å². The first-order valence-electron chi connectivity index (χ1n) is 8.71. The Kier molecular flexibility index (Phi) is 6.55. The quantitative estimate of drug-likeness (QED) is 0.329. The van der Waals surface area contributed by atoms with Gasteiger partial charge in [0.2, 0.25) is 0 Å². The fraction of sp³-hybridized carbons (Fsp3) is 0.842. The summed E-state index contributed by atoms with van der Waals surface area (Å²) in [6.45, 7) is 19.6. The second-order valence-electron chi connectivity index (χ2n) is 8.23. The highest BCUT2D eigenvalue weighted by molar-refractivity contribution is 6.77. The van der Waals surface area contributed by atoms with Crippen LogP contribution in [0.4, 0.5) is 0 Å². The van der Waals surface area contributed by atoms with Crippen LogP contribution in [0.25, 0.3) is 0 Å². The van der Waals surface area contributed by atoms with Crippen LogP contribution in [0.5, 0.6) is 0 Å². The monoisotopic (exact) mass is 324 g/mol. The molecule has 1 saturated carbocycles. The predicted molar refractivity (Wildman–Crippen MR) is 97.5 cm³/mol. The number of methoxy groups -OCH3 is 1. The van der Waals surface area contributed by atoms with E-state index in [2.05, 4.69) is 61.1 Å². The Morgan fingerprint density at radius 1 is 1.14 bits per heavy atom. The van der Waals surface area contributed by atoms with Crippen LogP contribution in [-0.4, -0.2) is 22.0 Å². The molecule has 0 amide bonds. The molecular formula is C19H36O2Si. The summed E-state index contributed by atoms with van der Waals surface area (Å²) in [5, 5.41) is 0. The maximum Gasteiger partial charge on any atom is 0.200 e. The zero-order valence-corrected chi connectivity index (χ0v) is 17.1. The van der Waals surface area contributed by atoms with Crippen LogP contribution < -0.4 is 0 Å². The molecule has 0 radical (unpaired) electrons. The van der Waals surface area contributed by atoms with E-state index in [9.17, 15) is 0 Å². The molecule has 0 saturated heterocycles. The van der Waals surface area contributed by atoms with Gasteiger partial charge in [0.25, 0.3) is 0 Å². The first-order valence-corrected chi connectivity index (χ1v) is 10.9. The largest absolute Gasteiger partial charge is 0.496 e. The van der Waals surface area contributed by atoms with Crippen molar-refractivity contribution >= 4 is 8.32 Å². The third-order valence-electron chi connectivity index (χ3n) is 5.84. The van der Waals surface area contributed by atoms with Gasteiger partial charge < -0.3 is 9.16 Å². The molecule has 1 fully saturated rings. The molecule has 1 aliphatic carbocycles. The van der Waals surface area contributed by atoms with E-state index in [0.717, 1.165) is 13.0 Å². The Hall–Kier alpha value is -0.503. The minimum absolute atomic E-state index is 0.181. The number of hydrogen-bond acceptors (Lipinski definition) is 2. The van der Waals surface area contributed by atoms with Crippen molar-refractivity contribution in [1.82, 2.24) is 0 Å². The Balaban J connectivity index is 2.83.